The number of aromatic nitrogens is 1. The van der Waals surface area contributed by atoms with E-state index in [-0.39, 0.29) is 17.4 Å². The lowest BCUT2D eigenvalue weighted by atomic mass is 10.3. The molecule has 0 aliphatic heterocycles. The van der Waals surface area contributed by atoms with Crippen LogP contribution in [0, 0.1) is 0 Å². The Bertz CT molecular complexity index is 442. The van der Waals surface area contributed by atoms with Crippen LogP contribution in [0.1, 0.15) is 34.4 Å². The normalized spacial score (nSPS) is 10.7. The van der Waals surface area contributed by atoms with Gasteiger partial charge in [0.25, 0.3) is 5.91 Å². The maximum atomic E-state index is 12.1. The maximum absolute atomic E-state index is 12.1. The van der Waals surface area contributed by atoms with Crippen molar-refractivity contribution in [3.63, 3.8) is 0 Å². The monoisotopic (exact) mass is 269 g/mol. The first-order valence-corrected chi connectivity index (χ1v) is 6.09. The summed E-state index contributed by atoms with van der Waals surface area (Å²) >= 11 is 0. The first kappa shape index (κ1) is 15.2. The van der Waals surface area contributed by atoms with E-state index < -0.39 is 5.97 Å². The fourth-order valence-corrected chi connectivity index (χ4v) is 1.62. The highest BCUT2D eigenvalue weighted by Crippen LogP contribution is 2.07. The lowest BCUT2D eigenvalue weighted by molar-refractivity contribution is 0.0648. The molecule has 1 aromatic heterocycles. The van der Waals surface area contributed by atoms with E-state index >= 15 is 0 Å². The first-order valence-electron chi connectivity index (χ1n) is 6.09. The van der Waals surface area contributed by atoms with E-state index in [2.05, 4.69) is 9.68 Å². The van der Waals surface area contributed by atoms with Crippen LogP contribution in [-0.2, 0) is 0 Å². The molecular formula is C12H19N3O4. The van der Waals surface area contributed by atoms with Crippen molar-refractivity contribution in [1.29, 1.82) is 0 Å². The third kappa shape index (κ3) is 4.36. The molecule has 1 amide bonds. The number of hydrogen-bond donors (Lipinski definition) is 1. The van der Waals surface area contributed by atoms with Crippen LogP contribution < -0.4 is 0 Å². The van der Waals surface area contributed by atoms with E-state index in [4.69, 9.17) is 5.11 Å². The van der Waals surface area contributed by atoms with Crippen LogP contribution >= 0.6 is 0 Å². The summed E-state index contributed by atoms with van der Waals surface area (Å²) in [6.07, 6.45) is 0.843. The van der Waals surface area contributed by atoms with Gasteiger partial charge in [-0.15, -0.1) is 0 Å². The van der Waals surface area contributed by atoms with Gasteiger partial charge in [-0.05, 0) is 34.0 Å². The molecule has 0 saturated carbocycles. The third-order valence-electron chi connectivity index (χ3n) is 2.64. The second-order valence-electron chi connectivity index (χ2n) is 4.42. The highest BCUT2D eigenvalue weighted by Gasteiger charge is 2.20. The van der Waals surface area contributed by atoms with Crippen LogP contribution in [0.3, 0.4) is 0 Å². The number of aromatic carboxylic acids is 1. The molecule has 0 spiro atoms. The molecule has 0 aromatic carbocycles. The lowest BCUT2D eigenvalue weighted by Crippen LogP contribution is -2.33. The maximum Gasteiger partial charge on any atom is 0.374 e. The van der Waals surface area contributed by atoms with Crippen LogP contribution in [0.5, 0.6) is 0 Å². The predicted molar refractivity (Wildman–Crippen MR) is 68.2 cm³/mol. The second kappa shape index (κ2) is 6.89. The number of amides is 1. The van der Waals surface area contributed by atoms with E-state index in [1.165, 1.54) is 0 Å². The van der Waals surface area contributed by atoms with Crippen molar-refractivity contribution in [3.05, 3.63) is 17.5 Å². The Balaban J connectivity index is 2.64. The smallest absolute Gasteiger partial charge is 0.374 e. The van der Waals surface area contributed by atoms with Gasteiger partial charge in [-0.3, -0.25) is 4.79 Å². The van der Waals surface area contributed by atoms with Crippen molar-refractivity contribution in [2.75, 3.05) is 33.7 Å². The summed E-state index contributed by atoms with van der Waals surface area (Å²) in [5, 5.41) is 12.2. The average molecular weight is 269 g/mol. The highest BCUT2D eigenvalue weighted by atomic mass is 16.5. The molecule has 0 aliphatic carbocycles. The summed E-state index contributed by atoms with van der Waals surface area (Å²) in [5.41, 5.74) is 0.0316. The standard InChI is InChI=1S/C12H19N3O4/c1-4-15(7-5-6-14(2)3)11(16)9-8-10(12(17)18)19-13-9/h8H,4-7H2,1-3H3,(H,17,18). The van der Waals surface area contributed by atoms with Gasteiger partial charge >= 0.3 is 5.97 Å². The zero-order chi connectivity index (χ0) is 14.4. The number of carboxylic acids is 1. The SMILES string of the molecule is CCN(CCCN(C)C)C(=O)c1cc(C(=O)O)on1. The molecule has 0 saturated heterocycles. The summed E-state index contributed by atoms with van der Waals surface area (Å²) in [7, 11) is 3.93. The van der Waals surface area contributed by atoms with Gasteiger partial charge in [-0.2, -0.15) is 0 Å². The third-order valence-corrected chi connectivity index (χ3v) is 2.64. The molecule has 0 radical (unpaired) electrons. The van der Waals surface area contributed by atoms with E-state index in [0.717, 1.165) is 19.0 Å². The van der Waals surface area contributed by atoms with E-state index in [0.29, 0.717) is 13.1 Å². The molecule has 0 aliphatic rings. The Kier molecular flexibility index (Phi) is 5.50. The van der Waals surface area contributed by atoms with Gasteiger partial charge < -0.3 is 19.4 Å². The molecular weight excluding hydrogens is 250 g/mol. The molecule has 7 heteroatoms. The summed E-state index contributed by atoms with van der Waals surface area (Å²) in [6.45, 7) is 3.89. The Morgan fingerprint density at radius 2 is 2.05 bits per heavy atom. The van der Waals surface area contributed by atoms with Crippen LogP contribution in [0.25, 0.3) is 0 Å². The fraction of sp³-hybridized carbons (Fsp3) is 0.583. The van der Waals surface area contributed by atoms with Crippen LogP contribution in [0.4, 0.5) is 0 Å². The average Bonchev–Trinajstić information content (AvgIpc) is 2.83. The molecule has 1 rings (SSSR count). The molecule has 0 bridgehead atoms. The molecule has 0 fully saturated rings. The Morgan fingerprint density at radius 3 is 2.53 bits per heavy atom. The lowest BCUT2D eigenvalue weighted by Gasteiger charge is -2.20. The van der Waals surface area contributed by atoms with E-state index in [9.17, 15) is 9.59 Å². The topological polar surface area (TPSA) is 86.9 Å². The van der Waals surface area contributed by atoms with Gasteiger partial charge in [-0.25, -0.2) is 4.79 Å². The number of carbonyl (C=O) groups excluding carboxylic acids is 1. The minimum absolute atomic E-state index is 0.0316. The van der Waals surface area contributed by atoms with Crippen molar-refractivity contribution < 1.29 is 19.2 Å². The summed E-state index contributed by atoms with van der Waals surface area (Å²) in [5.74, 6) is -1.87. The van der Waals surface area contributed by atoms with Gasteiger partial charge in [0.05, 0.1) is 0 Å². The van der Waals surface area contributed by atoms with Gasteiger partial charge in [-0.1, -0.05) is 5.16 Å². The Hall–Kier alpha value is -1.89. The van der Waals surface area contributed by atoms with Crippen molar-refractivity contribution in [3.8, 4) is 0 Å². The van der Waals surface area contributed by atoms with Gasteiger partial charge in [0.15, 0.2) is 5.69 Å². The zero-order valence-corrected chi connectivity index (χ0v) is 11.4. The van der Waals surface area contributed by atoms with Crippen molar-refractivity contribution in [1.82, 2.24) is 15.0 Å². The van der Waals surface area contributed by atoms with Gasteiger partial charge in [0.1, 0.15) is 0 Å². The van der Waals surface area contributed by atoms with Crippen LogP contribution in [0.2, 0.25) is 0 Å². The summed E-state index contributed by atoms with van der Waals surface area (Å²) < 4.78 is 4.58. The molecule has 1 N–H and O–H groups in total. The molecule has 7 nitrogen and oxygen atoms in total. The zero-order valence-electron chi connectivity index (χ0n) is 11.4. The summed E-state index contributed by atoms with van der Waals surface area (Å²) in [4.78, 5) is 26.4. The molecule has 1 aromatic rings. The molecule has 19 heavy (non-hydrogen) atoms. The number of carbonyl (C=O) groups is 2. The Labute approximate surface area is 111 Å². The van der Waals surface area contributed by atoms with E-state index in [1.807, 2.05) is 25.9 Å². The molecule has 0 unspecified atom stereocenters. The molecule has 106 valence electrons. The largest absolute Gasteiger partial charge is 0.475 e. The quantitative estimate of drug-likeness (QED) is 0.787. The second-order valence-corrected chi connectivity index (χ2v) is 4.42. The van der Waals surface area contributed by atoms with Crippen LogP contribution in [-0.4, -0.2) is 65.7 Å². The van der Waals surface area contributed by atoms with E-state index in [1.54, 1.807) is 4.90 Å². The van der Waals surface area contributed by atoms with Crippen molar-refractivity contribution >= 4 is 11.9 Å². The number of nitrogens with zero attached hydrogens (tertiary/aromatic N) is 3. The minimum Gasteiger partial charge on any atom is -0.475 e. The minimum atomic E-state index is -1.23. The van der Waals surface area contributed by atoms with Gasteiger partial charge in [0.2, 0.25) is 5.76 Å². The van der Waals surface area contributed by atoms with Crippen molar-refractivity contribution in [2.24, 2.45) is 0 Å². The fourth-order valence-electron chi connectivity index (χ4n) is 1.62. The van der Waals surface area contributed by atoms with Crippen molar-refractivity contribution in [2.45, 2.75) is 13.3 Å². The number of carboxylic acid groups (broad SMARTS) is 1. The predicted octanol–water partition coefficient (Wildman–Crippen LogP) is 0.787. The number of rotatable bonds is 7. The first-order chi connectivity index (χ1) is 8.95. The Morgan fingerprint density at radius 1 is 1.37 bits per heavy atom. The van der Waals surface area contributed by atoms with Crippen LogP contribution in [0.15, 0.2) is 10.6 Å². The highest BCUT2D eigenvalue weighted by molar-refractivity contribution is 5.94. The molecule has 1 heterocycles. The molecule has 0 atom stereocenters. The van der Waals surface area contributed by atoms with Gasteiger partial charge in [0, 0.05) is 19.2 Å². The number of hydrogen-bond acceptors (Lipinski definition) is 5. The summed E-state index contributed by atoms with van der Waals surface area (Å²) in [6, 6.07) is 1.15.